The summed E-state index contributed by atoms with van der Waals surface area (Å²) in [6.45, 7) is 15.2. The molecule has 58 heavy (non-hydrogen) atoms. The maximum atomic E-state index is 14.3. The summed E-state index contributed by atoms with van der Waals surface area (Å²) < 4.78 is 12.0. The van der Waals surface area contributed by atoms with Gasteiger partial charge in [-0.2, -0.15) is 0 Å². The predicted octanol–water partition coefficient (Wildman–Crippen LogP) is 3.04. The van der Waals surface area contributed by atoms with Crippen LogP contribution in [-0.2, 0) is 39.9 Å². The Morgan fingerprint density at radius 2 is 1.48 bits per heavy atom. The van der Waals surface area contributed by atoms with Gasteiger partial charge >= 0.3 is 0 Å². The van der Waals surface area contributed by atoms with Gasteiger partial charge in [0.15, 0.2) is 0 Å². The maximum Gasteiger partial charge on any atom is 0.245 e. The lowest BCUT2D eigenvalue weighted by molar-refractivity contribution is -0.148. The number of carbonyl (C=O) groups is 5. The van der Waals surface area contributed by atoms with E-state index in [9.17, 15) is 24.0 Å². The minimum atomic E-state index is -0.800. The quantitative estimate of drug-likeness (QED) is 0.143. The Kier molecular flexibility index (Phi) is 21.3. The molecule has 14 heteroatoms. The van der Waals surface area contributed by atoms with Gasteiger partial charge in [0.2, 0.25) is 29.5 Å². The lowest BCUT2D eigenvalue weighted by Gasteiger charge is -2.41. The van der Waals surface area contributed by atoms with Gasteiger partial charge in [-0.05, 0) is 64.3 Å². The monoisotopic (exact) mass is 816 g/mol. The molecule has 0 bridgehead atoms. The van der Waals surface area contributed by atoms with E-state index in [1.165, 1.54) is 0 Å². The Hall–Kier alpha value is -3.59. The Morgan fingerprint density at radius 1 is 0.845 bits per heavy atom. The van der Waals surface area contributed by atoms with Gasteiger partial charge < -0.3 is 40.1 Å². The minimum Gasteiger partial charge on any atom is -0.379 e. The van der Waals surface area contributed by atoms with E-state index in [4.69, 9.17) is 9.47 Å². The lowest BCUT2D eigenvalue weighted by atomic mass is 9.89. The van der Waals surface area contributed by atoms with Gasteiger partial charge in [0, 0.05) is 47.3 Å². The van der Waals surface area contributed by atoms with Crippen LogP contribution in [0.3, 0.4) is 0 Å². The van der Waals surface area contributed by atoms with E-state index < -0.39 is 42.3 Å². The molecule has 1 fully saturated rings. The molecule has 0 aromatic heterocycles. The summed E-state index contributed by atoms with van der Waals surface area (Å²) in [5.74, 6) is -2.05. The fourth-order valence-electron chi connectivity index (χ4n) is 8.30. The smallest absolute Gasteiger partial charge is 0.245 e. The van der Waals surface area contributed by atoms with Gasteiger partial charge in [0.05, 0.1) is 42.7 Å². The van der Waals surface area contributed by atoms with Crippen molar-refractivity contribution in [3.63, 3.8) is 0 Å². The summed E-state index contributed by atoms with van der Waals surface area (Å²) in [7, 11) is 12.4. The Morgan fingerprint density at radius 3 is 2.00 bits per heavy atom. The van der Waals surface area contributed by atoms with E-state index in [2.05, 4.69) is 16.0 Å². The summed E-state index contributed by atoms with van der Waals surface area (Å²) in [4.78, 5) is 76.7. The van der Waals surface area contributed by atoms with Gasteiger partial charge in [-0.1, -0.05) is 85.2 Å². The summed E-state index contributed by atoms with van der Waals surface area (Å²) in [6, 6.07) is 6.75. The second-order valence-electron chi connectivity index (χ2n) is 17.3. The Balaban J connectivity index is 2.30. The van der Waals surface area contributed by atoms with Crippen LogP contribution < -0.4 is 16.0 Å². The first-order valence-electron chi connectivity index (χ1n) is 21.2. The summed E-state index contributed by atoms with van der Waals surface area (Å²) >= 11 is 0. The van der Waals surface area contributed by atoms with E-state index in [0.717, 1.165) is 18.4 Å². The first-order valence-corrected chi connectivity index (χ1v) is 21.2. The van der Waals surface area contributed by atoms with Crippen LogP contribution in [0.5, 0.6) is 0 Å². The number of likely N-dealkylation sites (N-methyl/N-ethyl adjacent to an activating group) is 3. The molecule has 9 atom stereocenters. The van der Waals surface area contributed by atoms with Gasteiger partial charge in [-0.3, -0.25) is 28.9 Å². The fourth-order valence-corrected chi connectivity index (χ4v) is 8.30. The molecule has 0 aliphatic carbocycles. The molecule has 1 aromatic carbocycles. The van der Waals surface area contributed by atoms with Crippen LogP contribution in [-0.4, -0.2) is 161 Å². The van der Waals surface area contributed by atoms with Crippen LogP contribution in [0.1, 0.15) is 79.7 Å². The topological polar surface area (TPSA) is 153 Å². The third-order valence-corrected chi connectivity index (χ3v) is 11.7. The standard InChI is InChI=1S/C44H77N7O7/c1-15-30(6)39(50(12)44(56)37(28(2)3)47-43(55)38(29(4)5)49(10)11)35(57-13)27-36(52)51-24-19-22-34(51)40(58-14)31(7)41(53)46-33(26-32-20-17-16-18-21-32)42(54)45-23-25-48(8)9/h16-18,20-21,28-31,33-35,37-40H,15,19,22-27H2,1-14H3,(H,45,54)(H,46,53)(H,47,55)/t30?,31?,33?,34-,35?,37-,38?,39-,40+/m0/s1. The number of hydrogen-bond acceptors (Lipinski definition) is 9. The molecule has 0 spiro atoms. The molecular formula is C44H77N7O7. The van der Waals surface area contributed by atoms with E-state index in [-0.39, 0.29) is 59.8 Å². The highest BCUT2D eigenvalue weighted by Crippen LogP contribution is 2.30. The highest BCUT2D eigenvalue weighted by molar-refractivity contribution is 5.90. The van der Waals surface area contributed by atoms with Crippen molar-refractivity contribution in [2.75, 3.05) is 69.1 Å². The normalized spacial score (nSPS) is 18.7. The number of carbonyl (C=O) groups excluding carboxylic acids is 5. The number of amides is 5. The van der Waals surface area contributed by atoms with Gasteiger partial charge in [-0.25, -0.2) is 0 Å². The van der Waals surface area contributed by atoms with Crippen molar-refractivity contribution in [3.8, 4) is 0 Å². The molecular weight excluding hydrogens is 739 g/mol. The summed E-state index contributed by atoms with van der Waals surface area (Å²) in [6.07, 6.45) is 1.17. The zero-order valence-electron chi connectivity index (χ0n) is 38.0. The molecule has 1 aliphatic rings. The van der Waals surface area contributed by atoms with Crippen molar-refractivity contribution >= 4 is 29.5 Å². The molecule has 1 aromatic rings. The number of nitrogens with one attached hydrogen (secondary N) is 3. The first kappa shape index (κ1) is 50.6. The maximum absolute atomic E-state index is 14.3. The molecule has 5 unspecified atom stereocenters. The summed E-state index contributed by atoms with van der Waals surface area (Å²) in [5.41, 5.74) is 0.920. The van der Waals surface area contributed by atoms with Crippen molar-refractivity contribution in [3.05, 3.63) is 35.9 Å². The second-order valence-corrected chi connectivity index (χ2v) is 17.3. The van der Waals surface area contributed by atoms with Crippen molar-refractivity contribution in [1.29, 1.82) is 0 Å². The largest absolute Gasteiger partial charge is 0.379 e. The molecule has 1 heterocycles. The van der Waals surface area contributed by atoms with Crippen molar-refractivity contribution in [2.24, 2.45) is 23.7 Å². The average molecular weight is 816 g/mol. The second kappa shape index (κ2) is 24.5. The number of methoxy groups -OCH3 is 2. The van der Waals surface area contributed by atoms with Crippen LogP contribution in [0.2, 0.25) is 0 Å². The van der Waals surface area contributed by atoms with Gasteiger partial charge in [0.25, 0.3) is 0 Å². The third kappa shape index (κ3) is 14.3. The zero-order valence-corrected chi connectivity index (χ0v) is 38.0. The van der Waals surface area contributed by atoms with Crippen LogP contribution in [0.4, 0.5) is 0 Å². The SMILES string of the molecule is CCC(C)[C@@H](C(CC(=O)N1CCC[C@H]1[C@H](OC)C(C)C(=O)NC(Cc1ccccc1)C(=O)NCCN(C)C)OC)N(C)C(=O)[C@@H](NC(=O)C(C(C)C)N(C)C)C(C)C. The number of hydrogen-bond donors (Lipinski definition) is 3. The Labute approximate surface area is 349 Å². The van der Waals surface area contributed by atoms with Gasteiger partial charge in [-0.15, -0.1) is 0 Å². The van der Waals surface area contributed by atoms with Crippen LogP contribution >= 0.6 is 0 Å². The van der Waals surface area contributed by atoms with Crippen molar-refractivity contribution in [2.45, 2.75) is 123 Å². The van der Waals surface area contributed by atoms with E-state index in [1.807, 2.05) is 110 Å². The summed E-state index contributed by atoms with van der Waals surface area (Å²) in [5, 5.41) is 8.99. The van der Waals surface area contributed by atoms with Gasteiger partial charge in [0.1, 0.15) is 12.1 Å². The van der Waals surface area contributed by atoms with E-state index in [1.54, 1.807) is 38.0 Å². The number of rotatable bonds is 24. The lowest BCUT2D eigenvalue weighted by Crippen LogP contribution is -2.59. The molecule has 3 N–H and O–H groups in total. The highest BCUT2D eigenvalue weighted by atomic mass is 16.5. The highest BCUT2D eigenvalue weighted by Gasteiger charge is 2.43. The molecule has 1 saturated heterocycles. The first-order chi connectivity index (χ1) is 27.3. The fraction of sp³-hybridized carbons (Fsp3) is 0.750. The van der Waals surface area contributed by atoms with Crippen molar-refractivity contribution in [1.82, 2.24) is 35.6 Å². The minimum absolute atomic E-state index is 0.0116. The molecule has 5 amide bonds. The molecule has 0 saturated carbocycles. The van der Waals surface area contributed by atoms with Crippen molar-refractivity contribution < 1.29 is 33.4 Å². The van der Waals surface area contributed by atoms with E-state index in [0.29, 0.717) is 32.5 Å². The third-order valence-electron chi connectivity index (χ3n) is 11.7. The molecule has 0 radical (unpaired) electrons. The van der Waals surface area contributed by atoms with Crippen LogP contribution in [0, 0.1) is 23.7 Å². The predicted molar refractivity (Wildman–Crippen MR) is 229 cm³/mol. The number of ether oxygens (including phenoxy) is 2. The van der Waals surface area contributed by atoms with Crippen LogP contribution in [0.15, 0.2) is 30.3 Å². The molecule has 330 valence electrons. The number of benzene rings is 1. The van der Waals surface area contributed by atoms with Crippen LogP contribution in [0.25, 0.3) is 0 Å². The zero-order chi connectivity index (χ0) is 43.9. The Bertz CT molecular complexity index is 1430. The molecule has 2 rings (SSSR count). The molecule has 1 aliphatic heterocycles. The van der Waals surface area contributed by atoms with E-state index >= 15 is 0 Å². The average Bonchev–Trinajstić information content (AvgIpc) is 3.65. The number of nitrogens with zero attached hydrogens (tertiary/aromatic N) is 4. The molecule has 14 nitrogen and oxygen atoms in total. The number of likely N-dealkylation sites (tertiary alicyclic amines) is 1.